The van der Waals surface area contributed by atoms with E-state index >= 15 is 0 Å². The lowest BCUT2D eigenvalue weighted by Gasteiger charge is -2.17. The zero-order chi connectivity index (χ0) is 11.2. The van der Waals surface area contributed by atoms with Crippen molar-refractivity contribution >= 4 is 10.8 Å². The number of rotatable bonds is 6. The summed E-state index contributed by atoms with van der Waals surface area (Å²) in [6, 6.07) is 0. The molecule has 6 heteroatoms. The summed E-state index contributed by atoms with van der Waals surface area (Å²) in [6.07, 6.45) is -2.79. The van der Waals surface area contributed by atoms with Gasteiger partial charge >= 0.3 is 6.18 Å². The van der Waals surface area contributed by atoms with Gasteiger partial charge in [0.2, 0.25) is 0 Å². The summed E-state index contributed by atoms with van der Waals surface area (Å²) < 4.78 is 47.7. The molecule has 86 valence electrons. The molecule has 0 saturated carbocycles. The fourth-order valence-corrected chi connectivity index (χ4v) is 2.46. The molecule has 0 aromatic heterocycles. The predicted octanol–water partition coefficient (Wildman–Crippen LogP) is 1.67. The second-order valence-electron chi connectivity index (χ2n) is 3.14. The van der Waals surface area contributed by atoms with Crippen molar-refractivity contribution < 1.29 is 17.4 Å². The minimum Gasteiger partial charge on any atom is -0.330 e. The standard InChI is InChI=1S/C8H16F3NOS/c1-2-3-4-14(13)6-7(5-12)8(9,10)11/h7H,2-6,12H2,1H3. The Morgan fingerprint density at radius 3 is 2.36 bits per heavy atom. The van der Waals surface area contributed by atoms with Crippen LogP contribution in [-0.4, -0.2) is 28.4 Å². The van der Waals surface area contributed by atoms with Gasteiger partial charge in [-0.15, -0.1) is 0 Å². The van der Waals surface area contributed by atoms with E-state index in [2.05, 4.69) is 0 Å². The van der Waals surface area contributed by atoms with Crippen molar-refractivity contribution in [2.24, 2.45) is 11.7 Å². The van der Waals surface area contributed by atoms with E-state index < -0.39 is 29.4 Å². The first-order valence-electron chi connectivity index (χ1n) is 4.53. The average molecular weight is 231 g/mol. The molecule has 0 heterocycles. The molecule has 2 unspecified atom stereocenters. The van der Waals surface area contributed by atoms with Crippen LogP contribution in [0.1, 0.15) is 19.8 Å². The molecule has 0 aliphatic rings. The molecule has 2 N–H and O–H groups in total. The molecule has 0 aromatic rings. The number of unbranched alkanes of at least 4 members (excludes halogenated alkanes) is 1. The molecule has 0 fully saturated rings. The first-order chi connectivity index (χ1) is 6.41. The first-order valence-corrected chi connectivity index (χ1v) is 6.02. The van der Waals surface area contributed by atoms with E-state index in [1.54, 1.807) is 0 Å². The average Bonchev–Trinajstić information content (AvgIpc) is 2.08. The summed E-state index contributed by atoms with van der Waals surface area (Å²) in [6.45, 7) is 1.42. The van der Waals surface area contributed by atoms with Crippen molar-refractivity contribution in [2.45, 2.75) is 25.9 Å². The van der Waals surface area contributed by atoms with E-state index in [4.69, 9.17) is 5.73 Å². The zero-order valence-corrected chi connectivity index (χ0v) is 8.96. The van der Waals surface area contributed by atoms with Crippen LogP contribution in [0.2, 0.25) is 0 Å². The summed E-state index contributed by atoms with van der Waals surface area (Å²) in [5, 5.41) is 0. The van der Waals surface area contributed by atoms with E-state index in [-0.39, 0.29) is 5.75 Å². The van der Waals surface area contributed by atoms with Gasteiger partial charge in [0, 0.05) is 28.9 Å². The zero-order valence-electron chi connectivity index (χ0n) is 8.14. The SMILES string of the molecule is CCCCS(=O)CC(CN)C(F)(F)F. The monoisotopic (exact) mass is 231 g/mol. The molecule has 0 spiro atoms. The van der Waals surface area contributed by atoms with Crippen LogP contribution in [0.4, 0.5) is 13.2 Å². The predicted molar refractivity (Wildman–Crippen MR) is 51.4 cm³/mol. The van der Waals surface area contributed by atoms with Gasteiger partial charge in [-0.05, 0) is 6.42 Å². The van der Waals surface area contributed by atoms with E-state index in [0.717, 1.165) is 6.42 Å². The Balaban J connectivity index is 4.00. The van der Waals surface area contributed by atoms with Gasteiger partial charge in [-0.1, -0.05) is 13.3 Å². The van der Waals surface area contributed by atoms with Crippen LogP contribution in [0.3, 0.4) is 0 Å². The van der Waals surface area contributed by atoms with Crippen molar-refractivity contribution in [1.29, 1.82) is 0 Å². The Morgan fingerprint density at radius 2 is 2.00 bits per heavy atom. The second kappa shape index (κ2) is 6.40. The highest BCUT2D eigenvalue weighted by Gasteiger charge is 2.39. The van der Waals surface area contributed by atoms with E-state index in [1.807, 2.05) is 6.92 Å². The number of alkyl halides is 3. The largest absolute Gasteiger partial charge is 0.393 e. The molecule has 0 saturated heterocycles. The van der Waals surface area contributed by atoms with Crippen molar-refractivity contribution in [3.8, 4) is 0 Å². The van der Waals surface area contributed by atoms with Gasteiger partial charge < -0.3 is 5.73 Å². The highest BCUT2D eigenvalue weighted by Crippen LogP contribution is 2.26. The van der Waals surface area contributed by atoms with Crippen LogP contribution in [0.25, 0.3) is 0 Å². The maximum atomic E-state index is 12.2. The molecule has 14 heavy (non-hydrogen) atoms. The quantitative estimate of drug-likeness (QED) is 0.755. The smallest absolute Gasteiger partial charge is 0.330 e. The number of hydrogen-bond donors (Lipinski definition) is 1. The lowest BCUT2D eigenvalue weighted by atomic mass is 10.2. The summed E-state index contributed by atoms with van der Waals surface area (Å²) >= 11 is 0. The molecule has 0 aliphatic heterocycles. The Labute approximate surface area is 84.5 Å². The van der Waals surface area contributed by atoms with Crippen molar-refractivity contribution in [1.82, 2.24) is 0 Å². The van der Waals surface area contributed by atoms with Gasteiger partial charge in [-0.2, -0.15) is 13.2 Å². The second-order valence-corrected chi connectivity index (χ2v) is 4.76. The van der Waals surface area contributed by atoms with Crippen LogP contribution >= 0.6 is 0 Å². The lowest BCUT2D eigenvalue weighted by molar-refractivity contribution is -0.165. The Kier molecular flexibility index (Phi) is 6.35. The highest BCUT2D eigenvalue weighted by molar-refractivity contribution is 7.84. The molecule has 2 atom stereocenters. The summed E-state index contributed by atoms with van der Waals surface area (Å²) in [5.74, 6) is -1.65. The molecule has 0 aliphatic carbocycles. The van der Waals surface area contributed by atoms with Crippen LogP contribution in [-0.2, 0) is 10.8 Å². The third kappa shape index (κ3) is 5.59. The van der Waals surface area contributed by atoms with Crippen LogP contribution in [0.15, 0.2) is 0 Å². The lowest BCUT2D eigenvalue weighted by Crippen LogP contribution is -2.34. The molecule has 0 rings (SSSR count). The van der Waals surface area contributed by atoms with Gasteiger partial charge in [0.05, 0.1) is 5.92 Å². The molecule has 0 bridgehead atoms. The highest BCUT2D eigenvalue weighted by atomic mass is 32.2. The van der Waals surface area contributed by atoms with Crippen LogP contribution in [0.5, 0.6) is 0 Å². The fourth-order valence-electron chi connectivity index (χ4n) is 0.909. The minimum atomic E-state index is -4.32. The van der Waals surface area contributed by atoms with Gasteiger partial charge in [-0.25, -0.2) is 0 Å². The molecule has 0 aromatic carbocycles. The third-order valence-corrected chi connectivity index (χ3v) is 3.38. The summed E-state index contributed by atoms with van der Waals surface area (Å²) in [4.78, 5) is 0. The maximum Gasteiger partial charge on any atom is 0.393 e. The van der Waals surface area contributed by atoms with Crippen molar-refractivity contribution in [3.05, 3.63) is 0 Å². The fraction of sp³-hybridized carbons (Fsp3) is 1.00. The Morgan fingerprint density at radius 1 is 1.43 bits per heavy atom. The summed E-state index contributed by atoms with van der Waals surface area (Å²) in [7, 11) is -1.40. The maximum absolute atomic E-state index is 12.2. The molecular weight excluding hydrogens is 215 g/mol. The molecular formula is C8H16F3NOS. The molecule has 0 radical (unpaired) electrons. The minimum absolute atomic E-state index is 0.336. The topological polar surface area (TPSA) is 43.1 Å². The molecule has 2 nitrogen and oxygen atoms in total. The Bertz CT molecular complexity index is 184. The molecule has 0 amide bonds. The number of nitrogens with two attached hydrogens (primary N) is 1. The number of hydrogen-bond acceptors (Lipinski definition) is 2. The van der Waals surface area contributed by atoms with E-state index in [1.165, 1.54) is 0 Å². The van der Waals surface area contributed by atoms with Crippen molar-refractivity contribution in [2.75, 3.05) is 18.1 Å². The van der Waals surface area contributed by atoms with Gasteiger partial charge in [0.15, 0.2) is 0 Å². The van der Waals surface area contributed by atoms with Gasteiger partial charge in [0.1, 0.15) is 0 Å². The van der Waals surface area contributed by atoms with Crippen LogP contribution in [0, 0.1) is 5.92 Å². The number of halogens is 3. The van der Waals surface area contributed by atoms with E-state index in [0.29, 0.717) is 12.2 Å². The normalized spacial score (nSPS) is 16.6. The first kappa shape index (κ1) is 13.9. The van der Waals surface area contributed by atoms with Gasteiger partial charge in [-0.3, -0.25) is 4.21 Å². The van der Waals surface area contributed by atoms with E-state index in [9.17, 15) is 17.4 Å². The summed E-state index contributed by atoms with van der Waals surface area (Å²) in [5.41, 5.74) is 4.98. The van der Waals surface area contributed by atoms with Crippen LogP contribution < -0.4 is 5.73 Å². The van der Waals surface area contributed by atoms with Crippen molar-refractivity contribution in [3.63, 3.8) is 0 Å². The third-order valence-electron chi connectivity index (χ3n) is 1.86. The van der Waals surface area contributed by atoms with Gasteiger partial charge in [0.25, 0.3) is 0 Å². The Hall–Kier alpha value is -0.100.